The van der Waals surface area contributed by atoms with E-state index in [1.54, 1.807) is 30.3 Å². The lowest BCUT2D eigenvalue weighted by Gasteiger charge is -2.16. The van der Waals surface area contributed by atoms with E-state index in [-0.39, 0.29) is 5.56 Å². The molecular formula is C15H11ClF3N. The molecule has 104 valence electrons. The normalized spacial score (nSPS) is 13.6. The number of halogens is 4. The highest BCUT2D eigenvalue weighted by Crippen LogP contribution is 2.36. The Hall–Kier alpha value is -1.81. The van der Waals surface area contributed by atoms with Crippen molar-refractivity contribution < 1.29 is 13.2 Å². The summed E-state index contributed by atoms with van der Waals surface area (Å²) in [5.74, 6) is 0. The summed E-state index contributed by atoms with van der Waals surface area (Å²) in [5, 5.41) is 0.390. The van der Waals surface area contributed by atoms with E-state index in [1.165, 1.54) is 30.5 Å². The lowest BCUT2D eigenvalue weighted by Crippen LogP contribution is -2.19. The van der Waals surface area contributed by atoms with Crippen LogP contribution in [0.1, 0.15) is 17.2 Å². The molecule has 1 unspecified atom stereocenters. The van der Waals surface area contributed by atoms with Crippen molar-refractivity contribution in [3.8, 4) is 0 Å². The number of nitrogens with zero attached hydrogens (tertiary/aromatic N) is 1. The summed E-state index contributed by atoms with van der Waals surface area (Å²) in [6.45, 7) is 0. The highest BCUT2D eigenvalue weighted by Gasteiger charge is 2.40. The molecule has 1 nitrogen and oxygen atoms in total. The Balaban J connectivity index is 2.30. The van der Waals surface area contributed by atoms with Crippen LogP contribution >= 0.6 is 11.6 Å². The van der Waals surface area contributed by atoms with Crippen LogP contribution in [0.25, 0.3) is 0 Å². The standard InChI is InChI=1S/C15H11ClF3N/c16-13-8-6-12(7-9-13)14(15(17,18)19)20-10-11-4-2-1-3-5-11/h1-10,14H. The Kier molecular flexibility index (Phi) is 4.45. The molecule has 5 heteroatoms. The zero-order valence-corrected chi connectivity index (χ0v) is 11.1. The average Bonchev–Trinajstić information content (AvgIpc) is 2.41. The van der Waals surface area contributed by atoms with E-state index < -0.39 is 12.2 Å². The maximum absolute atomic E-state index is 13.1. The van der Waals surface area contributed by atoms with Crippen molar-refractivity contribution in [1.82, 2.24) is 0 Å². The van der Waals surface area contributed by atoms with Gasteiger partial charge in [0.05, 0.1) is 0 Å². The Morgan fingerprint density at radius 1 is 0.950 bits per heavy atom. The van der Waals surface area contributed by atoms with Gasteiger partial charge in [0.15, 0.2) is 6.04 Å². The molecule has 0 spiro atoms. The zero-order chi connectivity index (χ0) is 14.6. The third kappa shape index (κ3) is 3.84. The van der Waals surface area contributed by atoms with Crippen molar-refractivity contribution in [2.75, 3.05) is 0 Å². The first-order valence-electron chi connectivity index (χ1n) is 5.87. The monoisotopic (exact) mass is 297 g/mol. The Labute approximate surface area is 119 Å². The lowest BCUT2D eigenvalue weighted by molar-refractivity contribution is -0.148. The van der Waals surface area contributed by atoms with Gasteiger partial charge >= 0.3 is 6.18 Å². The fourth-order valence-corrected chi connectivity index (χ4v) is 1.83. The van der Waals surface area contributed by atoms with Crippen LogP contribution in [0.4, 0.5) is 13.2 Å². The van der Waals surface area contributed by atoms with Crippen LogP contribution in [0.15, 0.2) is 59.6 Å². The van der Waals surface area contributed by atoms with Gasteiger partial charge in [0, 0.05) is 11.2 Å². The molecule has 0 bridgehead atoms. The lowest BCUT2D eigenvalue weighted by atomic mass is 10.1. The van der Waals surface area contributed by atoms with Crippen LogP contribution in [0.3, 0.4) is 0 Å². The molecule has 0 aliphatic heterocycles. The van der Waals surface area contributed by atoms with Crippen LogP contribution in [-0.4, -0.2) is 12.4 Å². The van der Waals surface area contributed by atoms with Crippen LogP contribution in [-0.2, 0) is 0 Å². The average molecular weight is 298 g/mol. The van der Waals surface area contributed by atoms with Gasteiger partial charge in [0.2, 0.25) is 0 Å². The molecule has 0 aliphatic rings. The van der Waals surface area contributed by atoms with Crippen LogP contribution in [0.2, 0.25) is 5.02 Å². The molecule has 0 fully saturated rings. The highest BCUT2D eigenvalue weighted by atomic mass is 35.5. The van der Waals surface area contributed by atoms with E-state index in [1.807, 2.05) is 0 Å². The number of rotatable bonds is 3. The molecule has 0 saturated carbocycles. The maximum Gasteiger partial charge on any atom is 0.414 e. The SMILES string of the molecule is FC(F)(F)C(N=Cc1ccccc1)c1ccc(Cl)cc1. The second kappa shape index (κ2) is 6.09. The summed E-state index contributed by atoms with van der Waals surface area (Å²) < 4.78 is 39.2. The summed E-state index contributed by atoms with van der Waals surface area (Å²) in [6, 6.07) is 12.3. The smallest absolute Gasteiger partial charge is 0.275 e. The van der Waals surface area contributed by atoms with Crippen molar-refractivity contribution >= 4 is 17.8 Å². The molecule has 2 aromatic carbocycles. The molecule has 0 saturated heterocycles. The van der Waals surface area contributed by atoms with Gasteiger partial charge in [-0.15, -0.1) is 0 Å². The first kappa shape index (κ1) is 14.6. The predicted octanol–water partition coefficient (Wildman–Crippen LogP) is 5.06. The second-order valence-electron chi connectivity index (χ2n) is 4.18. The van der Waals surface area contributed by atoms with Gasteiger partial charge < -0.3 is 0 Å². The molecule has 0 heterocycles. The molecular weight excluding hydrogens is 287 g/mol. The highest BCUT2D eigenvalue weighted by molar-refractivity contribution is 6.30. The zero-order valence-electron chi connectivity index (χ0n) is 10.3. The third-order valence-corrected chi connectivity index (χ3v) is 2.92. The molecule has 1 atom stereocenters. The topological polar surface area (TPSA) is 12.4 Å². The molecule has 0 amide bonds. The quantitative estimate of drug-likeness (QED) is 0.702. The van der Waals surface area contributed by atoms with Gasteiger partial charge in [-0.25, -0.2) is 0 Å². The molecule has 20 heavy (non-hydrogen) atoms. The van der Waals surface area contributed by atoms with Crippen molar-refractivity contribution in [2.45, 2.75) is 12.2 Å². The predicted molar refractivity (Wildman–Crippen MR) is 74.3 cm³/mol. The van der Waals surface area contributed by atoms with Crippen molar-refractivity contribution in [3.05, 3.63) is 70.7 Å². The number of benzene rings is 2. The minimum Gasteiger partial charge on any atom is -0.275 e. The minimum atomic E-state index is -4.45. The molecule has 0 aliphatic carbocycles. The number of aliphatic imine (C=N–C) groups is 1. The van der Waals surface area contributed by atoms with E-state index in [0.717, 1.165) is 0 Å². The molecule has 0 N–H and O–H groups in total. The third-order valence-electron chi connectivity index (χ3n) is 2.67. The molecule has 2 aromatic rings. The van der Waals surface area contributed by atoms with Gasteiger partial charge in [-0.1, -0.05) is 54.1 Å². The second-order valence-corrected chi connectivity index (χ2v) is 4.62. The number of hydrogen-bond donors (Lipinski definition) is 0. The Bertz CT molecular complexity index is 576. The summed E-state index contributed by atoms with van der Waals surface area (Å²) in [6.07, 6.45) is -3.22. The van der Waals surface area contributed by atoms with Gasteiger partial charge in [0.25, 0.3) is 0 Å². The largest absolute Gasteiger partial charge is 0.414 e. The fourth-order valence-electron chi connectivity index (χ4n) is 1.70. The molecule has 0 radical (unpaired) electrons. The number of alkyl halides is 3. The molecule has 0 aromatic heterocycles. The summed E-state index contributed by atoms with van der Waals surface area (Å²) >= 11 is 5.68. The Morgan fingerprint density at radius 2 is 1.55 bits per heavy atom. The fraction of sp³-hybridized carbons (Fsp3) is 0.133. The van der Waals surface area contributed by atoms with E-state index in [4.69, 9.17) is 11.6 Å². The van der Waals surface area contributed by atoms with Crippen molar-refractivity contribution in [2.24, 2.45) is 4.99 Å². The van der Waals surface area contributed by atoms with E-state index >= 15 is 0 Å². The Morgan fingerprint density at radius 3 is 2.10 bits per heavy atom. The molecule has 2 rings (SSSR count). The summed E-state index contributed by atoms with van der Waals surface area (Å²) in [7, 11) is 0. The first-order valence-corrected chi connectivity index (χ1v) is 6.25. The van der Waals surface area contributed by atoms with Crippen LogP contribution < -0.4 is 0 Å². The first-order chi connectivity index (χ1) is 9.47. The van der Waals surface area contributed by atoms with Gasteiger partial charge in [-0.3, -0.25) is 4.99 Å². The van der Waals surface area contributed by atoms with Gasteiger partial charge in [0.1, 0.15) is 0 Å². The van der Waals surface area contributed by atoms with E-state index in [9.17, 15) is 13.2 Å². The van der Waals surface area contributed by atoms with E-state index in [0.29, 0.717) is 10.6 Å². The summed E-state index contributed by atoms with van der Waals surface area (Å²) in [4.78, 5) is 3.67. The number of hydrogen-bond acceptors (Lipinski definition) is 1. The van der Waals surface area contributed by atoms with Crippen molar-refractivity contribution in [1.29, 1.82) is 0 Å². The van der Waals surface area contributed by atoms with Crippen molar-refractivity contribution in [3.63, 3.8) is 0 Å². The maximum atomic E-state index is 13.1. The van der Waals surface area contributed by atoms with E-state index in [2.05, 4.69) is 4.99 Å². The van der Waals surface area contributed by atoms with Crippen LogP contribution in [0, 0.1) is 0 Å². The van der Waals surface area contributed by atoms with Gasteiger partial charge in [-0.05, 0) is 23.3 Å². The minimum absolute atomic E-state index is 0.0640. The van der Waals surface area contributed by atoms with Gasteiger partial charge in [-0.2, -0.15) is 13.2 Å². The summed E-state index contributed by atoms with van der Waals surface area (Å²) in [5.41, 5.74) is 0.685. The van der Waals surface area contributed by atoms with Crippen LogP contribution in [0.5, 0.6) is 0 Å².